The number of likely N-dealkylation sites (tertiary alicyclic amines) is 1. The smallest absolute Gasteiger partial charge is 0.411 e. The SMILES string of the molecule is CN(C)C=C1C(C(C)(C)C)C(=O)CCN1C(=O)O. The van der Waals surface area contributed by atoms with E-state index in [1.54, 1.807) is 11.1 Å². The van der Waals surface area contributed by atoms with E-state index in [2.05, 4.69) is 0 Å². The van der Waals surface area contributed by atoms with Crippen LogP contribution >= 0.6 is 0 Å². The molecule has 1 unspecified atom stereocenters. The first kappa shape index (κ1) is 14.5. The standard InChI is InChI=1S/C13H22N2O3/c1-13(2,3)11-9(8-14(4)5)15(12(17)18)7-6-10(11)16/h8,11H,6-7H2,1-5H3,(H,17,18). The molecule has 102 valence electrons. The molecule has 1 N–H and O–H groups in total. The van der Waals surface area contributed by atoms with Gasteiger partial charge in [0.2, 0.25) is 0 Å². The summed E-state index contributed by atoms with van der Waals surface area (Å²) in [5, 5.41) is 9.25. The summed E-state index contributed by atoms with van der Waals surface area (Å²) in [7, 11) is 3.65. The van der Waals surface area contributed by atoms with Crippen LogP contribution < -0.4 is 0 Å². The Kier molecular flexibility index (Phi) is 4.04. The van der Waals surface area contributed by atoms with Gasteiger partial charge in [0.15, 0.2) is 0 Å². The van der Waals surface area contributed by atoms with Crippen LogP contribution in [0.15, 0.2) is 11.9 Å². The first-order valence-electron chi connectivity index (χ1n) is 6.06. The molecule has 5 nitrogen and oxygen atoms in total. The molecule has 1 rings (SSSR count). The molecule has 1 heterocycles. The van der Waals surface area contributed by atoms with E-state index < -0.39 is 6.09 Å². The van der Waals surface area contributed by atoms with Crippen LogP contribution in [0.5, 0.6) is 0 Å². The molecule has 1 saturated heterocycles. The summed E-state index contributed by atoms with van der Waals surface area (Å²) in [5.41, 5.74) is 0.295. The summed E-state index contributed by atoms with van der Waals surface area (Å²) in [5.74, 6) is -0.252. The van der Waals surface area contributed by atoms with Gasteiger partial charge in [-0.25, -0.2) is 4.79 Å². The fraction of sp³-hybridized carbons (Fsp3) is 0.692. The monoisotopic (exact) mass is 254 g/mol. The zero-order valence-electron chi connectivity index (χ0n) is 11.7. The normalized spacial score (nSPS) is 23.4. The number of amides is 1. The molecule has 1 aliphatic rings. The predicted octanol–water partition coefficient (Wildman–Crippen LogP) is 2.00. The number of hydrogen-bond acceptors (Lipinski definition) is 3. The third kappa shape index (κ3) is 3.03. The average Bonchev–Trinajstić information content (AvgIpc) is 2.13. The van der Waals surface area contributed by atoms with Crippen molar-refractivity contribution >= 4 is 11.9 Å². The summed E-state index contributed by atoms with van der Waals surface area (Å²) >= 11 is 0. The molecule has 18 heavy (non-hydrogen) atoms. The van der Waals surface area contributed by atoms with Gasteiger partial charge in [-0.15, -0.1) is 0 Å². The van der Waals surface area contributed by atoms with E-state index in [0.717, 1.165) is 0 Å². The molecular formula is C13H22N2O3. The number of ketones is 1. The lowest BCUT2D eigenvalue weighted by molar-refractivity contribution is -0.127. The summed E-state index contributed by atoms with van der Waals surface area (Å²) in [4.78, 5) is 26.5. The zero-order chi connectivity index (χ0) is 14.1. The van der Waals surface area contributed by atoms with Crippen molar-refractivity contribution in [2.24, 2.45) is 11.3 Å². The van der Waals surface area contributed by atoms with Crippen molar-refractivity contribution in [1.82, 2.24) is 9.80 Å². The Morgan fingerprint density at radius 1 is 1.44 bits per heavy atom. The van der Waals surface area contributed by atoms with Gasteiger partial charge in [-0.2, -0.15) is 0 Å². The van der Waals surface area contributed by atoms with Gasteiger partial charge < -0.3 is 10.0 Å². The largest absolute Gasteiger partial charge is 0.465 e. The molecule has 0 bridgehead atoms. The van der Waals surface area contributed by atoms with Gasteiger partial charge in [0.25, 0.3) is 0 Å². The van der Waals surface area contributed by atoms with Crippen LogP contribution in [-0.4, -0.2) is 47.4 Å². The molecule has 0 spiro atoms. The highest BCUT2D eigenvalue weighted by atomic mass is 16.4. The second-order valence-corrected chi connectivity index (χ2v) is 5.97. The van der Waals surface area contributed by atoms with Gasteiger partial charge in [-0.05, 0) is 5.41 Å². The first-order chi connectivity index (χ1) is 8.14. The van der Waals surface area contributed by atoms with E-state index >= 15 is 0 Å². The lowest BCUT2D eigenvalue weighted by Gasteiger charge is -2.40. The van der Waals surface area contributed by atoms with Crippen molar-refractivity contribution in [3.63, 3.8) is 0 Å². The van der Waals surface area contributed by atoms with Crippen LogP contribution in [0.3, 0.4) is 0 Å². The van der Waals surface area contributed by atoms with Crippen LogP contribution in [0.25, 0.3) is 0 Å². The summed E-state index contributed by atoms with van der Waals surface area (Å²) in [6.07, 6.45) is 1.03. The van der Waals surface area contributed by atoms with Crippen LogP contribution in [0.1, 0.15) is 27.2 Å². The molecule has 1 aliphatic heterocycles. The van der Waals surface area contributed by atoms with E-state index in [1.165, 1.54) is 4.90 Å². The third-order valence-electron chi connectivity index (χ3n) is 3.00. The molecule has 5 heteroatoms. The molecule has 0 aromatic rings. The van der Waals surface area contributed by atoms with E-state index in [4.69, 9.17) is 0 Å². The highest BCUT2D eigenvalue weighted by Crippen LogP contribution is 2.38. The Balaban J connectivity index is 3.24. The van der Waals surface area contributed by atoms with E-state index in [9.17, 15) is 14.7 Å². The van der Waals surface area contributed by atoms with Gasteiger partial charge in [0.05, 0.1) is 11.6 Å². The fourth-order valence-electron chi connectivity index (χ4n) is 2.36. The molecular weight excluding hydrogens is 232 g/mol. The van der Waals surface area contributed by atoms with Crippen LogP contribution in [-0.2, 0) is 4.79 Å². The quantitative estimate of drug-likeness (QED) is 0.777. The second-order valence-electron chi connectivity index (χ2n) is 5.97. The number of piperidine rings is 1. The Morgan fingerprint density at radius 2 is 2.00 bits per heavy atom. The second kappa shape index (κ2) is 5.00. The summed E-state index contributed by atoms with van der Waals surface area (Å²) < 4.78 is 0. The zero-order valence-corrected chi connectivity index (χ0v) is 11.7. The van der Waals surface area contributed by atoms with Gasteiger partial charge >= 0.3 is 6.09 Å². The number of allylic oxidation sites excluding steroid dienone is 1. The minimum atomic E-state index is -0.996. The number of rotatable bonds is 1. The van der Waals surface area contributed by atoms with Crippen molar-refractivity contribution in [3.05, 3.63) is 11.9 Å². The van der Waals surface area contributed by atoms with Crippen molar-refractivity contribution in [2.75, 3.05) is 20.6 Å². The van der Waals surface area contributed by atoms with Crippen molar-refractivity contribution in [2.45, 2.75) is 27.2 Å². The summed E-state index contributed by atoms with van der Waals surface area (Å²) in [6.45, 7) is 6.14. The summed E-state index contributed by atoms with van der Waals surface area (Å²) in [6, 6.07) is 0. The molecule has 1 fully saturated rings. The number of hydrogen-bond donors (Lipinski definition) is 1. The Hall–Kier alpha value is -1.52. The molecule has 1 amide bonds. The molecule has 0 aromatic carbocycles. The Bertz CT molecular complexity index is 380. The van der Waals surface area contributed by atoms with Crippen LogP contribution in [0.2, 0.25) is 0 Å². The lowest BCUT2D eigenvalue weighted by Crippen LogP contribution is -2.46. The van der Waals surface area contributed by atoms with Crippen LogP contribution in [0, 0.1) is 11.3 Å². The fourth-order valence-corrected chi connectivity index (χ4v) is 2.36. The number of carbonyl (C=O) groups is 2. The van der Waals surface area contributed by atoms with Gasteiger partial charge in [0.1, 0.15) is 5.78 Å². The predicted molar refractivity (Wildman–Crippen MR) is 69.1 cm³/mol. The minimum absolute atomic E-state index is 0.119. The van der Waals surface area contributed by atoms with Crippen molar-refractivity contribution < 1.29 is 14.7 Å². The van der Waals surface area contributed by atoms with Crippen LogP contribution in [0.4, 0.5) is 4.79 Å². The Labute approximate surface area is 108 Å². The molecule has 1 atom stereocenters. The number of carboxylic acid groups (broad SMARTS) is 1. The number of nitrogens with zero attached hydrogens (tertiary/aromatic N) is 2. The topological polar surface area (TPSA) is 60.9 Å². The van der Waals surface area contributed by atoms with E-state index in [-0.39, 0.29) is 23.7 Å². The highest BCUT2D eigenvalue weighted by molar-refractivity contribution is 5.88. The Morgan fingerprint density at radius 3 is 2.39 bits per heavy atom. The molecule has 0 aromatic heterocycles. The number of Topliss-reactive ketones (excluding diaryl/α,β-unsaturated/α-hetero) is 1. The van der Waals surface area contributed by atoms with E-state index in [0.29, 0.717) is 12.1 Å². The number of carbonyl (C=O) groups excluding carboxylic acids is 1. The van der Waals surface area contributed by atoms with E-state index in [1.807, 2.05) is 34.9 Å². The maximum Gasteiger partial charge on any atom is 0.411 e. The molecule has 0 aliphatic carbocycles. The van der Waals surface area contributed by atoms with Gasteiger partial charge in [-0.3, -0.25) is 9.69 Å². The van der Waals surface area contributed by atoms with Crippen molar-refractivity contribution in [1.29, 1.82) is 0 Å². The first-order valence-corrected chi connectivity index (χ1v) is 6.06. The maximum atomic E-state index is 12.1. The lowest BCUT2D eigenvalue weighted by atomic mass is 9.73. The average molecular weight is 254 g/mol. The molecule has 0 saturated carbocycles. The van der Waals surface area contributed by atoms with Crippen molar-refractivity contribution in [3.8, 4) is 0 Å². The van der Waals surface area contributed by atoms with Gasteiger partial charge in [-0.1, -0.05) is 20.8 Å². The maximum absolute atomic E-state index is 12.1. The highest BCUT2D eigenvalue weighted by Gasteiger charge is 2.41. The molecule has 0 radical (unpaired) electrons. The third-order valence-corrected chi connectivity index (χ3v) is 3.00. The van der Waals surface area contributed by atoms with Gasteiger partial charge in [0, 0.05) is 33.3 Å². The minimum Gasteiger partial charge on any atom is -0.465 e.